The first-order valence-corrected chi connectivity index (χ1v) is 8.79. The van der Waals surface area contributed by atoms with E-state index in [0.29, 0.717) is 37.7 Å². The van der Waals surface area contributed by atoms with Gasteiger partial charge in [0.1, 0.15) is 0 Å². The molecular formula is C14H17N5O4S. The van der Waals surface area contributed by atoms with Crippen LogP contribution in [0.2, 0.25) is 0 Å². The molecule has 1 fully saturated rings. The number of H-pyrrole nitrogens is 2. The second kappa shape index (κ2) is 6.67. The highest BCUT2D eigenvalue weighted by atomic mass is 32.2. The van der Waals surface area contributed by atoms with Gasteiger partial charge in [-0.2, -0.15) is 9.42 Å². The van der Waals surface area contributed by atoms with Gasteiger partial charge in [0.15, 0.2) is 5.69 Å². The number of nitrogens with one attached hydrogen (secondary N) is 2. The van der Waals surface area contributed by atoms with Gasteiger partial charge in [-0.05, 0) is 31.2 Å². The smallest absolute Gasteiger partial charge is 0.291 e. The van der Waals surface area contributed by atoms with Gasteiger partial charge < -0.3 is 9.84 Å². The van der Waals surface area contributed by atoms with Crippen LogP contribution in [0.3, 0.4) is 0 Å². The summed E-state index contributed by atoms with van der Waals surface area (Å²) in [5.41, 5.74) is 0.869. The average Bonchev–Trinajstić information content (AvgIpc) is 2.92. The Kier molecular flexibility index (Phi) is 4.60. The van der Waals surface area contributed by atoms with E-state index >= 15 is 0 Å². The number of ether oxygens (including phenoxy) is 1. The zero-order valence-corrected chi connectivity index (χ0v) is 13.8. The number of sulfonamides is 1. The summed E-state index contributed by atoms with van der Waals surface area (Å²) in [5, 5.41) is 12.9. The summed E-state index contributed by atoms with van der Waals surface area (Å²) in [5.74, 6) is 0. The third-order valence-corrected chi connectivity index (χ3v) is 5.56. The topological polar surface area (TPSA) is 120 Å². The van der Waals surface area contributed by atoms with Crippen molar-refractivity contribution in [3.05, 3.63) is 40.3 Å². The second-order valence-electron chi connectivity index (χ2n) is 5.26. The monoisotopic (exact) mass is 351 g/mol. The van der Waals surface area contributed by atoms with Crippen LogP contribution in [0.4, 0.5) is 11.4 Å². The van der Waals surface area contributed by atoms with Crippen molar-refractivity contribution in [1.29, 1.82) is 0 Å². The van der Waals surface area contributed by atoms with Crippen molar-refractivity contribution in [3.8, 4) is 0 Å². The summed E-state index contributed by atoms with van der Waals surface area (Å²) in [6.45, 7) is 3.19. The van der Waals surface area contributed by atoms with E-state index in [1.165, 1.54) is 16.4 Å². The van der Waals surface area contributed by atoms with Crippen LogP contribution in [0.15, 0.2) is 44.2 Å². The Bertz CT molecular complexity index is 892. The van der Waals surface area contributed by atoms with Crippen LogP contribution in [-0.2, 0) is 14.8 Å². The number of aromatic amines is 2. The second-order valence-corrected chi connectivity index (χ2v) is 7.20. The molecule has 1 aromatic carbocycles. The Morgan fingerprint density at radius 3 is 2.33 bits per heavy atom. The Morgan fingerprint density at radius 2 is 1.75 bits per heavy atom. The normalized spacial score (nSPS) is 16.7. The predicted molar refractivity (Wildman–Crippen MR) is 86.3 cm³/mol. The number of benzene rings is 1. The lowest BCUT2D eigenvalue weighted by molar-refractivity contribution is 0.0730. The summed E-state index contributed by atoms with van der Waals surface area (Å²) in [6.07, 6.45) is 0. The molecule has 0 aliphatic carbocycles. The molecule has 0 amide bonds. The first kappa shape index (κ1) is 16.6. The number of hydrogen-bond donors (Lipinski definition) is 2. The van der Waals surface area contributed by atoms with E-state index in [-0.39, 0.29) is 16.1 Å². The lowest BCUT2D eigenvalue weighted by atomic mass is 10.3. The molecular weight excluding hydrogens is 334 g/mol. The molecule has 0 unspecified atom stereocenters. The molecule has 128 valence electrons. The maximum absolute atomic E-state index is 12.5. The molecule has 0 atom stereocenters. The molecule has 1 saturated heterocycles. The van der Waals surface area contributed by atoms with Gasteiger partial charge in [0.2, 0.25) is 10.0 Å². The number of aryl methyl sites for hydroxylation is 1. The van der Waals surface area contributed by atoms with Crippen molar-refractivity contribution in [2.75, 3.05) is 26.3 Å². The van der Waals surface area contributed by atoms with Crippen LogP contribution < -0.4 is 5.56 Å². The van der Waals surface area contributed by atoms with E-state index in [0.717, 1.165) is 0 Å². The molecule has 1 aromatic heterocycles. The molecule has 2 heterocycles. The van der Waals surface area contributed by atoms with Crippen LogP contribution in [0.1, 0.15) is 5.69 Å². The SMILES string of the molecule is Cc1[nH][nH]c(=O)c1N=Nc1ccc(S(=O)(=O)N2CCOCC2)cc1. The molecule has 9 nitrogen and oxygen atoms in total. The van der Waals surface area contributed by atoms with E-state index in [2.05, 4.69) is 20.4 Å². The van der Waals surface area contributed by atoms with Gasteiger partial charge in [-0.1, -0.05) is 0 Å². The van der Waals surface area contributed by atoms with Crippen LogP contribution in [0.25, 0.3) is 0 Å². The minimum Gasteiger partial charge on any atom is -0.379 e. The molecule has 1 aliphatic rings. The van der Waals surface area contributed by atoms with Crippen molar-refractivity contribution in [3.63, 3.8) is 0 Å². The fraction of sp³-hybridized carbons (Fsp3) is 0.357. The van der Waals surface area contributed by atoms with E-state index < -0.39 is 10.0 Å². The Hall–Kier alpha value is -2.30. The number of nitrogens with zero attached hydrogens (tertiary/aromatic N) is 3. The Morgan fingerprint density at radius 1 is 1.08 bits per heavy atom. The van der Waals surface area contributed by atoms with E-state index in [1.807, 2.05) is 0 Å². The highest BCUT2D eigenvalue weighted by Gasteiger charge is 2.26. The van der Waals surface area contributed by atoms with E-state index in [4.69, 9.17) is 4.74 Å². The number of azo groups is 1. The molecule has 2 N–H and O–H groups in total. The zero-order valence-electron chi connectivity index (χ0n) is 13.0. The summed E-state index contributed by atoms with van der Waals surface area (Å²) in [4.78, 5) is 11.7. The van der Waals surface area contributed by atoms with Crippen LogP contribution >= 0.6 is 0 Å². The fourth-order valence-corrected chi connectivity index (χ4v) is 3.70. The predicted octanol–water partition coefficient (Wildman–Crippen LogP) is 1.45. The van der Waals surface area contributed by atoms with Crippen LogP contribution in [0.5, 0.6) is 0 Å². The maximum atomic E-state index is 12.5. The molecule has 0 saturated carbocycles. The molecule has 3 rings (SSSR count). The van der Waals surface area contributed by atoms with Crippen molar-refractivity contribution in [1.82, 2.24) is 14.5 Å². The molecule has 0 bridgehead atoms. The average molecular weight is 351 g/mol. The highest BCUT2D eigenvalue weighted by Crippen LogP contribution is 2.22. The lowest BCUT2D eigenvalue weighted by Crippen LogP contribution is -2.40. The molecule has 24 heavy (non-hydrogen) atoms. The summed E-state index contributed by atoms with van der Waals surface area (Å²) >= 11 is 0. The minimum absolute atomic E-state index is 0.194. The number of aromatic nitrogens is 2. The molecule has 2 aromatic rings. The molecule has 0 spiro atoms. The van der Waals surface area contributed by atoms with Crippen molar-refractivity contribution in [2.45, 2.75) is 11.8 Å². The van der Waals surface area contributed by atoms with Crippen LogP contribution in [-0.4, -0.2) is 49.2 Å². The highest BCUT2D eigenvalue weighted by molar-refractivity contribution is 7.89. The van der Waals surface area contributed by atoms with Gasteiger partial charge >= 0.3 is 0 Å². The fourth-order valence-electron chi connectivity index (χ4n) is 2.29. The first-order valence-electron chi connectivity index (χ1n) is 7.35. The number of hydrogen-bond acceptors (Lipinski definition) is 6. The first-order chi connectivity index (χ1) is 11.5. The Labute approximate surface area is 138 Å². The van der Waals surface area contributed by atoms with Crippen molar-refractivity contribution < 1.29 is 13.2 Å². The van der Waals surface area contributed by atoms with Crippen molar-refractivity contribution in [2.24, 2.45) is 10.2 Å². The molecule has 10 heteroatoms. The zero-order chi connectivity index (χ0) is 17.2. The van der Waals surface area contributed by atoms with E-state index in [9.17, 15) is 13.2 Å². The Balaban J connectivity index is 1.79. The molecule has 1 aliphatic heterocycles. The van der Waals surface area contributed by atoms with Gasteiger partial charge in [-0.25, -0.2) is 8.42 Å². The standard InChI is InChI=1S/C14H17N5O4S/c1-10-13(14(20)18-15-10)17-16-11-2-4-12(5-3-11)24(21,22)19-6-8-23-9-7-19/h2-5H,6-9H2,1H3,(H2,15,18,20). The van der Waals surface area contributed by atoms with Gasteiger partial charge in [0.05, 0.1) is 29.5 Å². The van der Waals surface area contributed by atoms with E-state index in [1.54, 1.807) is 19.1 Å². The van der Waals surface area contributed by atoms with Crippen LogP contribution in [0, 0.1) is 6.92 Å². The quantitative estimate of drug-likeness (QED) is 0.810. The lowest BCUT2D eigenvalue weighted by Gasteiger charge is -2.25. The van der Waals surface area contributed by atoms with Gasteiger partial charge in [-0.3, -0.25) is 9.89 Å². The summed E-state index contributed by atoms with van der Waals surface area (Å²) in [6, 6.07) is 6.06. The van der Waals surface area contributed by atoms with Crippen molar-refractivity contribution >= 4 is 21.4 Å². The third-order valence-electron chi connectivity index (χ3n) is 3.64. The molecule has 0 radical (unpaired) electrons. The van der Waals surface area contributed by atoms with Gasteiger partial charge in [0.25, 0.3) is 5.56 Å². The minimum atomic E-state index is -3.53. The number of rotatable bonds is 4. The maximum Gasteiger partial charge on any atom is 0.291 e. The van der Waals surface area contributed by atoms with Gasteiger partial charge in [0, 0.05) is 13.1 Å². The third kappa shape index (κ3) is 3.30. The number of morpholine rings is 1. The summed E-state index contributed by atoms with van der Waals surface area (Å²) in [7, 11) is -3.53. The van der Waals surface area contributed by atoms with Gasteiger partial charge in [-0.15, -0.1) is 5.11 Å². The largest absolute Gasteiger partial charge is 0.379 e. The summed E-state index contributed by atoms with van der Waals surface area (Å²) < 4.78 is 31.6.